The molecule has 9 heteroatoms. The number of guanidine groups is 1. The summed E-state index contributed by atoms with van der Waals surface area (Å²) in [4.78, 5) is 4.53. The Labute approximate surface area is 180 Å². The topological polar surface area (TPSA) is 89.0 Å². The predicted octanol–water partition coefficient (Wildman–Crippen LogP) is 2.13. The van der Waals surface area contributed by atoms with Crippen LogP contribution in [0.15, 0.2) is 23.2 Å². The molecular formula is C18H32IN3O4S. The van der Waals surface area contributed by atoms with Crippen molar-refractivity contribution in [1.82, 2.24) is 10.6 Å². The maximum atomic E-state index is 11.2. The maximum absolute atomic E-state index is 11.2. The molecule has 0 unspecified atom stereocenters. The monoisotopic (exact) mass is 513 g/mol. The fourth-order valence-electron chi connectivity index (χ4n) is 2.14. The van der Waals surface area contributed by atoms with Crippen LogP contribution in [0.2, 0.25) is 0 Å². The van der Waals surface area contributed by atoms with E-state index in [0.717, 1.165) is 16.9 Å². The van der Waals surface area contributed by atoms with Gasteiger partial charge in [-0.15, -0.1) is 24.0 Å². The van der Waals surface area contributed by atoms with Crippen LogP contribution in [-0.2, 0) is 21.1 Å². The zero-order valence-electron chi connectivity index (χ0n) is 16.6. The molecule has 7 nitrogen and oxygen atoms in total. The van der Waals surface area contributed by atoms with Crippen LogP contribution in [0.4, 0.5) is 0 Å². The van der Waals surface area contributed by atoms with Crippen molar-refractivity contribution in [1.29, 1.82) is 0 Å². The first-order valence-corrected chi connectivity index (χ1v) is 10.9. The molecule has 0 aromatic heterocycles. The number of rotatable bonds is 11. The Morgan fingerprint density at radius 2 is 1.93 bits per heavy atom. The number of nitrogens with one attached hydrogen (secondary N) is 2. The number of sulfone groups is 1. The number of aryl methyl sites for hydroxylation is 1. The molecule has 2 N–H and O–H groups in total. The van der Waals surface area contributed by atoms with Crippen LogP contribution in [0.25, 0.3) is 0 Å². The average molecular weight is 513 g/mol. The Balaban J connectivity index is 0.00000676. The van der Waals surface area contributed by atoms with Gasteiger partial charge in [-0.2, -0.15) is 0 Å². The fraction of sp³-hybridized carbons (Fsp3) is 0.611. The number of halogens is 1. The lowest BCUT2D eigenvalue weighted by atomic mass is 10.1. The van der Waals surface area contributed by atoms with Gasteiger partial charge < -0.3 is 20.1 Å². The van der Waals surface area contributed by atoms with Crippen LogP contribution in [0.5, 0.6) is 5.75 Å². The molecule has 0 bridgehead atoms. The number of hydrogen-bond acceptors (Lipinski definition) is 5. The van der Waals surface area contributed by atoms with Gasteiger partial charge in [0.25, 0.3) is 0 Å². The summed E-state index contributed by atoms with van der Waals surface area (Å²) in [7, 11) is -3.01. The normalized spacial score (nSPS) is 11.6. The van der Waals surface area contributed by atoms with E-state index in [1.165, 1.54) is 6.26 Å². The van der Waals surface area contributed by atoms with Crippen molar-refractivity contribution in [3.63, 3.8) is 0 Å². The molecule has 0 spiro atoms. The number of benzene rings is 1. The van der Waals surface area contributed by atoms with Gasteiger partial charge >= 0.3 is 0 Å². The van der Waals surface area contributed by atoms with Gasteiger partial charge in [0.05, 0.1) is 18.9 Å². The summed E-state index contributed by atoms with van der Waals surface area (Å²) in [6, 6.07) is 6.00. The second-order valence-electron chi connectivity index (χ2n) is 5.91. The molecule has 0 radical (unpaired) electrons. The van der Waals surface area contributed by atoms with E-state index in [1.807, 2.05) is 39.0 Å². The second-order valence-corrected chi connectivity index (χ2v) is 8.17. The summed E-state index contributed by atoms with van der Waals surface area (Å²) in [6.07, 6.45) is 1.22. The van der Waals surface area contributed by atoms with Crippen molar-refractivity contribution in [3.05, 3.63) is 29.3 Å². The molecule has 0 amide bonds. The summed E-state index contributed by atoms with van der Waals surface area (Å²) in [6.45, 7) is 9.06. The lowest BCUT2D eigenvalue weighted by Crippen LogP contribution is -2.39. The third-order valence-corrected chi connectivity index (χ3v) is 4.37. The Kier molecular flexibility index (Phi) is 13.4. The van der Waals surface area contributed by atoms with Gasteiger partial charge in [-0.25, -0.2) is 13.4 Å². The van der Waals surface area contributed by atoms with Gasteiger partial charge in [-0.3, -0.25) is 0 Å². The molecule has 1 aromatic carbocycles. The minimum Gasteiger partial charge on any atom is -0.491 e. The highest BCUT2D eigenvalue weighted by Gasteiger charge is 2.06. The van der Waals surface area contributed by atoms with Crippen LogP contribution in [-0.4, -0.2) is 59.3 Å². The summed E-state index contributed by atoms with van der Waals surface area (Å²) in [5.41, 5.74) is 2.08. The lowest BCUT2D eigenvalue weighted by Gasteiger charge is -2.13. The van der Waals surface area contributed by atoms with Gasteiger partial charge in [-0.05, 0) is 32.4 Å². The van der Waals surface area contributed by atoms with E-state index in [1.54, 1.807) is 0 Å². The first-order valence-electron chi connectivity index (χ1n) is 8.85. The third kappa shape index (κ3) is 12.1. The predicted molar refractivity (Wildman–Crippen MR) is 121 cm³/mol. The second kappa shape index (κ2) is 14.0. The van der Waals surface area contributed by atoms with Crippen LogP contribution in [0, 0.1) is 6.92 Å². The van der Waals surface area contributed by atoms with Crippen LogP contribution in [0.3, 0.4) is 0 Å². The zero-order valence-corrected chi connectivity index (χ0v) is 19.7. The molecule has 0 aliphatic heterocycles. The SMILES string of the molecule is CCNC(=NCc1ccc(C)cc1OCCOCC)NCCS(C)(=O)=O.I. The quantitative estimate of drug-likeness (QED) is 0.204. The van der Waals surface area contributed by atoms with Crippen molar-refractivity contribution >= 4 is 39.8 Å². The molecule has 0 aliphatic rings. The highest BCUT2D eigenvalue weighted by Crippen LogP contribution is 2.21. The highest BCUT2D eigenvalue weighted by molar-refractivity contribution is 14.0. The molecule has 156 valence electrons. The molecule has 0 fully saturated rings. The third-order valence-electron chi connectivity index (χ3n) is 3.43. The van der Waals surface area contributed by atoms with E-state index in [4.69, 9.17) is 9.47 Å². The number of aliphatic imine (C=N–C) groups is 1. The van der Waals surface area contributed by atoms with Crippen molar-refractivity contribution in [2.75, 3.05) is 44.9 Å². The number of hydrogen-bond donors (Lipinski definition) is 2. The average Bonchev–Trinajstić information content (AvgIpc) is 2.56. The van der Waals surface area contributed by atoms with Gasteiger partial charge in [0.1, 0.15) is 22.2 Å². The fourth-order valence-corrected chi connectivity index (χ4v) is 2.62. The maximum Gasteiger partial charge on any atom is 0.191 e. The minimum atomic E-state index is -3.01. The van der Waals surface area contributed by atoms with E-state index in [9.17, 15) is 8.42 Å². The van der Waals surface area contributed by atoms with E-state index in [0.29, 0.717) is 45.4 Å². The summed E-state index contributed by atoms with van der Waals surface area (Å²) < 4.78 is 33.6. The minimum absolute atomic E-state index is 0. The van der Waals surface area contributed by atoms with Crippen LogP contribution in [0.1, 0.15) is 25.0 Å². The molecule has 0 heterocycles. The molecule has 1 rings (SSSR count). The van der Waals surface area contributed by atoms with Crippen LogP contribution < -0.4 is 15.4 Å². The van der Waals surface area contributed by atoms with E-state index in [2.05, 4.69) is 15.6 Å². The highest BCUT2D eigenvalue weighted by atomic mass is 127. The zero-order chi connectivity index (χ0) is 19.4. The van der Waals surface area contributed by atoms with Crippen molar-refractivity contribution in [2.45, 2.75) is 27.3 Å². The molecule has 0 saturated heterocycles. The summed E-state index contributed by atoms with van der Waals surface area (Å²) in [5.74, 6) is 1.44. The van der Waals surface area contributed by atoms with Gasteiger partial charge in [0, 0.05) is 31.5 Å². The first kappa shape index (κ1) is 25.9. The number of ether oxygens (including phenoxy) is 2. The van der Waals surface area contributed by atoms with Gasteiger partial charge in [0.15, 0.2) is 5.96 Å². The molecule has 0 atom stereocenters. The van der Waals surface area contributed by atoms with E-state index >= 15 is 0 Å². The summed E-state index contributed by atoms with van der Waals surface area (Å²) in [5, 5.41) is 6.15. The van der Waals surface area contributed by atoms with Crippen LogP contribution >= 0.6 is 24.0 Å². The molecule has 27 heavy (non-hydrogen) atoms. The molecule has 0 saturated carbocycles. The standard InChI is InChI=1S/C18H31N3O4S.HI/c1-5-19-18(20-9-12-26(4,22)23)21-14-16-8-7-15(3)13-17(16)25-11-10-24-6-2;/h7-8,13H,5-6,9-12,14H2,1-4H3,(H2,19,20,21);1H. The Bertz CT molecular complexity index is 681. The van der Waals surface area contributed by atoms with Crippen molar-refractivity contribution in [3.8, 4) is 5.75 Å². The Hall–Kier alpha value is -1.07. The van der Waals surface area contributed by atoms with Crippen molar-refractivity contribution in [2.24, 2.45) is 4.99 Å². The van der Waals surface area contributed by atoms with Crippen molar-refractivity contribution < 1.29 is 17.9 Å². The molecular weight excluding hydrogens is 481 g/mol. The number of nitrogens with zero attached hydrogens (tertiary/aromatic N) is 1. The van der Waals surface area contributed by atoms with Gasteiger partial charge in [-0.1, -0.05) is 12.1 Å². The Morgan fingerprint density at radius 3 is 2.56 bits per heavy atom. The van der Waals surface area contributed by atoms with E-state index < -0.39 is 9.84 Å². The van der Waals surface area contributed by atoms with E-state index in [-0.39, 0.29) is 29.7 Å². The Morgan fingerprint density at radius 1 is 1.19 bits per heavy atom. The largest absolute Gasteiger partial charge is 0.491 e. The lowest BCUT2D eigenvalue weighted by molar-refractivity contribution is 0.110. The molecule has 0 aliphatic carbocycles. The smallest absolute Gasteiger partial charge is 0.191 e. The molecule has 1 aromatic rings. The van der Waals surface area contributed by atoms with Gasteiger partial charge in [0.2, 0.25) is 0 Å². The first-order chi connectivity index (χ1) is 12.4. The summed E-state index contributed by atoms with van der Waals surface area (Å²) >= 11 is 0.